The molecule has 7 nitrogen and oxygen atoms in total. The van der Waals surface area contributed by atoms with Crippen molar-refractivity contribution in [3.05, 3.63) is 12.3 Å². The van der Waals surface area contributed by atoms with Crippen LogP contribution in [0.5, 0.6) is 6.01 Å². The number of aliphatic hydroxyl groups is 2. The summed E-state index contributed by atoms with van der Waals surface area (Å²) < 4.78 is 5.06. The van der Waals surface area contributed by atoms with E-state index in [0.29, 0.717) is 5.82 Å². The van der Waals surface area contributed by atoms with Gasteiger partial charge in [-0.1, -0.05) is 13.8 Å². The Morgan fingerprint density at radius 2 is 2.28 bits per heavy atom. The fraction of sp³-hybridized carbons (Fsp3) is 0.545. The molecule has 0 radical (unpaired) electrons. The molecular weight excluding hydrogens is 238 g/mol. The normalized spacial score (nSPS) is 12.3. The van der Waals surface area contributed by atoms with Crippen LogP contribution in [-0.4, -0.2) is 45.4 Å². The van der Waals surface area contributed by atoms with Crippen molar-refractivity contribution < 1.29 is 19.7 Å². The number of aliphatic hydroxyl groups excluding tert-OH is 2. The lowest BCUT2D eigenvalue weighted by molar-refractivity contribution is -0.118. The zero-order valence-electron chi connectivity index (χ0n) is 10.3. The maximum Gasteiger partial charge on any atom is 0.318 e. The van der Waals surface area contributed by atoms with Crippen molar-refractivity contribution in [1.82, 2.24) is 9.97 Å². The van der Waals surface area contributed by atoms with Crippen molar-refractivity contribution in [2.24, 2.45) is 5.92 Å². The third-order valence-corrected chi connectivity index (χ3v) is 2.02. The summed E-state index contributed by atoms with van der Waals surface area (Å²) in [5, 5.41) is 20.3. The second kappa shape index (κ2) is 6.87. The van der Waals surface area contributed by atoms with Crippen molar-refractivity contribution in [2.45, 2.75) is 20.0 Å². The van der Waals surface area contributed by atoms with Crippen LogP contribution in [0.25, 0.3) is 0 Å². The minimum absolute atomic E-state index is 0.0315. The Morgan fingerprint density at radius 3 is 2.89 bits per heavy atom. The number of hydrogen-bond donors (Lipinski definition) is 3. The number of nitrogens with one attached hydrogen (secondary N) is 1. The second-order valence-electron chi connectivity index (χ2n) is 4.02. The molecule has 7 heteroatoms. The molecule has 0 aliphatic carbocycles. The molecule has 1 aromatic rings. The maximum absolute atomic E-state index is 11.5. The van der Waals surface area contributed by atoms with Gasteiger partial charge in [-0.05, 0) is 6.07 Å². The van der Waals surface area contributed by atoms with Crippen molar-refractivity contribution in [1.29, 1.82) is 0 Å². The molecule has 1 heterocycles. The van der Waals surface area contributed by atoms with Crippen LogP contribution in [0.4, 0.5) is 5.82 Å². The molecule has 100 valence electrons. The van der Waals surface area contributed by atoms with Gasteiger partial charge in [-0.25, -0.2) is 4.98 Å². The lowest BCUT2D eigenvalue weighted by Gasteiger charge is -2.10. The molecule has 0 spiro atoms. The van der Waals surface area contributed by atoms with Gasteiger partial charge in [0.15, 0.2) is 0 Å². The third kappa shape index (κ3) is 4.64. The summed E-state index contributed by atoms with van der Waals surface area (Å²) in [5.74, 6) is 0.0211. The third-order valence-electron chi connectivity index (χ3n) is 2.02. The molecule has 3 N–H and O–H groups in total. The van der Waals surface area contributed by atoms with Crippen LogP contribution in [0.3, 0.4) is 0 Å². The number of aromatic nitrogens is 2. The van der Waals surface area contributed by atoms with Crippen molar-refractivity contribution in [3.63, 3.8) is 0 Å². The lowest BCUT2D eigenvalue weighted by Crippen LogP contribution is -2.22. The standard InChI is InChI=1S/C11H17N3O4/c1-7(2)10(17)13-9-3-4-12-11(14-9)18-6-8(16)5-15/h3-4,7-8,15-16H,5-6H2,1-2H3,(H,12,13,14,17)/t8-/m0/s1. The topological polar surface area (TPSA) is 105 Å². The van der Waals surface area contributed by atoms with Crippen LogP contribution in [0.2, 0.25) is 0 Å². The first-order valence-corrected chi connectivity index (χ1v) is 5.58. The van der Waals surface area contributed by atoms with Gasteiger partial charge < -0.3 is 20.3 Å². The van der Waals surface area contributed by atoms with Crippen molar-refractivity contribution >= 4 is 11.7 Å². The molecule has 0 unspecified atom stereocenters. The van der Waals surface area contributed by atoms with Crippen molar-refractivity contribution in [3.8, 4) is 6.01 Å². The summed E-state index contributed by atoms with van der Waals surface area (Å²) in [7, 11) is 0. The Kier molecular flexibility index (Phi) is 5.47. The number of rotatable bonds is 6. The summed E-state index contributed by atoms with van der Waals surface area (Å²) in [6, 6.07) is 1.57. The number of carbonyl (C=O) groups excluding carboxylic acids is 1. The lowest BCUT2D eigenvalue weighted by atomic mass is 10.2. The highest BCUT2D eigenvalue weighted by atomic mass is 16.5. The number of amides is 1. The van der Waals surface area contributed by atoms with E-state index in [1.165, 1.54) is 12.3 Å². The average molecular weight is 255 g/mol. The number of ether oxygens (including phenoxy) is 1. The predicted octanol–water partition coefficient (Wildman–Crippen LogP) is -0.197. The Morgan fingerprint density at radius 1 is 1.56 bits per heavy atom. The van der Waals surface area contributed by atoms with Gasteiger partial charge in [0.2, 0.25) is 5.91 Å². The van der Waals surface area contributed by atoms with E-state index in [1.807, 2.05) is 0 Å². The number of nitrogens with zero attached hydrogens (tertiary/aromatic N) is 2. The molecule has 18 heavy (non-hydrogen) atoms. The Hall–Kier alpha value is -1.73. The average Bonchev–Trinajstić information content (AvgIpc) is 2.36. The minimum Gasteiger partial charge on any atom is -0.461 e. The minimum atomic E-state index is -0.984. The smallest absolute Gasteiger partial charge is 0.318 e. The van der Waals surface area contributed by atoms with Gasteiger partial charge in [0.25, 0.3) is 0 Å². The summed E-state index contributed by atoms with van der Waals surface area (Å²) in [5.41, 5.74) is 0. The number of anilines is 1. The van der Waals surface area contributed by atoms with Gasteiger partial charge in [-0.3, -0.25) is 4.79 Å². The predicted molar refractivity (Wildman–Crippen MR) is 64.1 cm³/mol. The second-order valence-corrected chi connectivity index (χ2v) is 4.02. The van der Waals surface area contributed by atoms with E-state index in [4.69, 9.17) is 14.9 Å². The highest BCUT2D eigenvalue weighted by Crippen LogP contribution is 2.09. The fourth-order valence-electron chi connectivity index (χ4n) is 0.974. The fourth-order valence-corrected chi connectivity index (χ4v) is 0.974. The number of hydrogen-bond acceptors (Lipinski definition) is 6. The first kappa shape index (κ1) is 14.3. The van der Waals surface area contributed by atoms with Gasteiger partial charge in [0.1, 0.15) is 18.5 Å². The zero-order chi connectivity index (χ0) is 13.5. The van der Waals surface area contributed by atoms with E-state index in [2.05, 4.69) is 15.3 Å². The molecule has 1 atom stereocenters. The summed E-state index contributed by atoms with van der Waals surface area (Å²) in [6.45, 7) is 3.03. The molecule has 0 saturated carbocycles. The molecule has 0 bridgehead atoms. The SMILES string of the molecule is CC(C)C(=O)Nc1ccnc(OC[C@@H](O)CO)n1. The van der Waals surface area contributed by atoms with Crippen LogP contribution in [0.1, 0.15) is 13.8 Å². The van der Waals surface area contributed by atoms with E-state index < -0.39 is 12.7 Å². The van der Waals surface area contributed by atoms with E-state index >= 15 is 0 Å². The summed E-state index contributed by atoms with van der Waals surface area (Å²) >= 11 is 0. The Labute approximate surface area is 105 Å². The van der Waals surface area contributed by atoms with Gasteiger partial charge in [0, 0.05) is 12.1 Å². The number of carbonyl (C=O) groups is 1. The van der Waals surface area contributed by atoms with Crippen molar-refractivity contribution in [2.75, 3.05) is 18.5 Å². The Balaban J connectivity index is 2.59. The van der Waals surface area contributed by atoms with Gasteiger partial charge in [-0.15, -0.1) is 0 Å². The first-order valence-electron chi connectivity index (χ1n) is 5.58. The van der Waals surface area contributed by atoms with E-state index in [9.17, 15) is 4.79 Å². The highest BCUT2D eigenvalue weighted by Gasteiger charge is 2.09. The zero-order valence-corrected chi connectivity index (χ0v) is 10.3. The van der Waals surface area contributed by atoms with Crippen LogP contribution in [-0.2, 0) is 4.79 Å². The van der Waals surface area contributed by atoms with E-state index in [1.54, 1.807) is 13.8 Å². The highest BCUT2D eigenvalue weighted by molar-refractivity contribution is 5.91. The van der Waals surface area contributed by atoms with Crippen LogP contribution < -0.4 is 10.1 Å². The first-order chi connectivity index (χ1) is 8.52. The van der Waals surface area contributed by atoms with Crippen LogP contribution in [0, 0.1) is 5.92 Å². The van der Waals surface area contributed by atoms with E-state index in [0.717, 1.165) is 0 Å². The van der Waals surface area contributed by atoms with Gasteiger partial charge in [0.05, 0.1) is 6.61 Å². The molecule has 0 saturated heterocycles. The monoisotopic (exact) mass is 255 g/mol. The Bertz CT molecular complexity index is 398. The molecule has 0 aliphatic rings. The molecule has 0 aromatic carbocycles. The molecule has 1 amide bonds. The van der Waals surface area contributed by atoms with Gasteiger partial charge >= 0.3 is 6.01 Å². The maximum atomic E-state index is 11.5. The molecule has 0 fully saturated rings. The van der Waals surface area contributed by atoms with Gasteiger partial charge in [-0.2, -0.15) is 4.98 Å². The molecular formula is C11H17N3O4. The quantitative estimate of drug-likeness (QED) is 0.650. The van der Waals surface area contributed by atoms with Crippen LogP contribution in [0.15, 0.2) is 12.3 Å². The van der Waals surface area contributed by atoms with Crippen LogP contribution >= 0.6 is 0 Å². The summed E-state index contributed by atoms with van der Waals surface area (Å²) in [6.07, 6.45) is 0.450. The molecule has 0 aliphatic heterocycles. The van der Waals surface area contributed by atoms with E-state index in [-0.39, 0.29) is 24.4 Å². The molecule has 1 aromatic heterocycles. The largest absolute Gasteiger partial charge is 0.461 e. The summed E-state index contributed by atoms with van der Waals surface area (Å²) in [4.78, 5) is 19.2. The molecule has 1 rings (SSSR count).